The lowest BCUT2D eigenvalue weighted by molar-refractivity contribution is 0.901. The Morgan fingerprint density at radius 3 is 2.61 bits per heavy atom. The maximum Gasteiger partial charge on any atom is 0.149 e. The Balaban J connectivity index is 1.99. The van der Waals surface area contributed by atoms with Crippen molar-refractivity contribution in [2.75, 3.05) is 0 Å². The predicted molar refractivity (Wildman–Crippen MR) is 120 cm³/mol. The molecule has 0 aliphatic rings. The molecular formula is C23H22ClN3S. The summed E-state index contributed by atoms with van der Waals surface area (Å²) in [6, 6.07) is 16.5. The van der Waals surface area contributed by atoms with Crippen molar-refractivity contribution >= 4 is 34.4 Å². The number of nitrogens with zero attached hydrogens (tertiary/aromatic N) is 3. The summed E-state index contributed by atoms with van der Waals surface area (Å²) in [5, 5.41) is 3.36. The van der Waals surface area contributed by atoms with Gasteiger partial charge in [-0.1, -0.05) is 61.8 Å². The maximum absolute atomic E-state index is 6.41. The van der Waals surface area contributed by atoms with Crippen molar-refractivity contribution in [2.24, 2.45) is 0 Å². The monoisotopic (exact) mass is 407 g/mol. The second-order valence-corrected chi connectivity index (χ2v) is 8.76. The molecule has 0 fully saturated rings. The maximum atomic E-state index is 6.41. The number of benzene rings is 2. The van der Waals surface area contributed by atoms with E-state index in [0.29, 0.717) is 5.25 Å². The summed E-state index contributed by atoms with van der Waals surface area (Å²) in [6.45, 7) is 6.45. The molecule has 28 heavy (non-hydrogen) atoms. The van der Waals surface area contributed by atoms with Crippen molar-refractivity contribution in [3.05, 3.63) is 71.6 Å². The summed E-state index contributed by atoms with van der Waals surface area (Å²) < 4.78 is 2.12. The van der Waals surface area contributed by atoms with E-state index in [1.54, 1.807) is 18.1 Å². The smallest absolute Gasteiger partial charge is 0.149 e. The number of thioether (sulfide) groups is 1. The van der Waals surface area contributed by atoms with Gasteiger partial charge in [-0.25, -0.2) is 9.97 Å². The quantitative estimate of drug-likeness (QED) is 0.265. The minimum absolute atomic E-state index is 0.485. The van der Waals surface area contributed by atoms with E-state index in [2.05, 4.69) is 64.9 Å². The fourth-order valence-electron chi connectivity index (χ4n) is 3.16. The van der Waals surface area contributed by atoms with E-state index in [1.165, 1.54) is 0 Å². The summed E-state index contributed by atoms with van der Waals surface area (Å²) in [4.78, 5) is 9.28. The molecule has 0 spiro atoms. The molecule has 3 nitrogen and oxygen atoms in total. The third-order valence-corrected chi connectivity index (χ3v) is 6.63. The first-order valence-electron chi connectivity index (χ1n) is 9.43. The van der Waals surface area contributed by atoms with E-state index in [-0.39, 0.29) is 0 Å². The standard InChI is InChI=1S/C23H22ClN3S/c1-4-16(3)28-23-21-19(17-8-6-5-7-9-17)13-27(22(21)25-14-26-23)18-11-10-15(2)20(24)12-18/h5-14,16H,4H2,1-3H3/t16-/m0/s1. The van der Waals surface area contributed by atoms with Crippen molar-refractivity contribution in [1.82, 2.24) is 14.5 Å². The van der Waals surface area contributed by atoms with Crippen LogP contribution in [0.2, 0.25) is 5.02 Å². The number of halogens is 1. The van der Waals surface area contributed by atoms with Gasteiger partial charge in [0.1, 0.15) is 17.0 Å². The average molecular weight is 408 g/mol. The fraction of sp³-hybridized carbons (Fsp3) is 0.217. The average Bonchev–Trinajstić information content (AvgIpc) is 3.11. The van der Waals surface area contributed by atoms with Crippen LogP contribution in [0.3, 0.4) is 0 Å². The van der Waals surface area contributed by atoms with E-state index in [1.807, 2.05) is 25.1 Å². The molecule has 4 rings (SSSR count). The highest BCUT2D eigenvalue weighted by Crippen LogP contribution is 2.38. The summed E-state index contributed by atoms with van der Waals surface area (Å²) >= 11 is 8.21. The molecule has 0 saturated heterocycles. The first-order valence-corrected chi connectivity index (χ1v) is 10.7. The lowest BCUT2D eigenvalue weighted by atomic mass is 10.1. The minimum Gasteiger partial charge on any atom is -0.301 e. The zero-order chi connectivity index (χ0) is 19.7. The Morgan fingerprint density at radius 2 is 1.89 bits per heavy atom. The lowest BCUT2D eigenvalue weighted by Crippen LogP contribution is -1.97. The van der Waals surface area contributed by atoms with Gasteiger partial charge in [-0.05, 0) is 36.6 Å². The molecule has 0 aliphatic carbocycles. The van der Waals surface area contributed by atoms with Crippen LogP contribution >= 0.6 is 23.4 Å². The minimum atomic E-state index is 0.485. The number of aryl methyl sites for hydroxylation is 1. The second-order valence-electron chi connectivity index (χ2n) is 6.93. The number of hydrogen-bond acceptors (Lipinski definition) is 3. The van der Waals surface area contributed by atoms with E-state index in [0.717, 1.165) is 49.9 Å². The Kier molecular flexibility index (Phi) is 5.42. The number of fused-ring (bicyclic) bond motifs is 1. The van der Waals surface area contributed by atoms with E-state index in [9.17, 15) is 0 Å². The molecule has 0 saturated carbocycles. The molecular weight excluding hydrogens is 386 g/mol. The van der Waals surface area contributed by atoms with Crippen molar-refractivity contribution < 1.29 is 0 Å². The van der Waals surface area contributed by atoms with Gasteiger partial charge in [0.2, 0.25) is 0 Å². The topological polar surface area (TPSA) is 30.7 Å². The zero-order valence-corrected chi connectivity index (χ0v) is 17.8. The van der Waals surface area contributed by atoms with Crippen LogP contribution in [-0.4, -0.2) is 19.8 Å². The van der Waals surface area contributed by atoms with Crippen LogP contribution in [0.1, 0.15) is 25.8 Å². The molecule has 1 atom stereocenters. The zero-order valence-electron chi connectivity index (χ0n) is 16.2. The highest BCUT2D eigenvalue weighted by molar-refractivity contribution is 8.00. The van der Waals surface area contributed by atoms with E-state index in [4.69, 9.17) is 11.6 Å². The van der Waals surface area contributed by atoms with Crippen molar-refractivity contribution in [1.29, 1.82) is 0 Å². The Morgan fingerprint density at radius 1 is 1.11 bits per heavy atom. The Hall–Kier alpha value is -2.30. The molecule has 2 aromatic carbocycles. The Labute approximate surface area is 174 Å². The lowest BCUT2D eigenvalue weighted by Gasteiger charge is -2.10. The van der Waals surface area contributed by atoms with Gasteiger partial charge in [-0.15, -0.1) is 11.8 Å². The van der Waals surface area contributed by atoms with Crippen LogP contribution in [0.5, 0.6) is 0 Å². The van der Waals surface area contributed by atoms with Crippen molar-refractivity contribution in [3.8, 4) is 16.8 Å². The molecule has 0 N–H and O–H groups in total. The van der Waals surface area contributed by atoms with Crippen LogP contribution < -0.4 is 0 Å². The largest absolute Gasteiger partial charge is 0.301 e. The highest BCUT2D eigenvalue weighted by Gasteiger charge is 2.19. The summed E-state index contributed by atoms with van der Waals surface area (Å²) in [5.74, 6) is 0. The molecule has 0 amide bonds. The molecule has 5 heteroatoms. The molecule has 142 valence electrons. The van der Waals surface area contributed by atoms with Gasteiger partial charge in [0.15, 0.2) is 0 Å². The normalized spacial score (nSPS) is 12.4. The summed E-state index contributed by atoms with van der Waals surface area (Å²) in [7, 11) is 0. The van der Waals surface area contributed by atoms with Gasteiger partial charge in [0, 0.05) is 27.7 Å². The van der Waals surface area contributed by atoms with Gasteiger partial charge in [0.25, 0.3) is 0 Å². The molecule has 0 bridgehead atoms. The van der Waals surface area contributed by atoms with Crippen LogP contribution in [-0.2, 0) is 0 Å². The summed E-state index contributed by atoms with van der Waals surface area (Å²) in [6.07, 6.45) is 4.90. The fourth-order valence-corrected chi connectivity index (χ4v) is 4.31. The van der Waals surface area contributed by atoms with Crippen LogP contribution in [0.4, 0.5) is 0 Å². The first kappa shape index (κ1) is 19.0. The summed E-state index contributed by atoms with van der Waals surface area (Å²) in [5.41, 5.74) is 5.26. The molecule has 2 heterocycles. The van der Waals surface area contributed by atoms with E-state index >= 15 is 0 Å². The highest BCUT2D eigenvalue weighted by atomic mass is 35.5. The van der Waals surface area contributed by atoms with Crippen molar-refractivity contribution in [3.63, 3.8) is 0 Å². The van der Waals surface area contributed by atoms with Gasteiger partial charge in [-0.3, -0.25) is 0 Å². The number of rotatable bonds is 5. The number of aromatic nitrogens is 3. The predicted octanol–water partition coefficient (Wildman–Crippen LogP) is 6.94. The third-order valence-electron chi connectivity index (χ3n) is 4.95. The molecule has 2 aromatic heterocycles. The van der Waals surface area contributed by atoms with Crippen molar-refractivity contribution in [2.45, 2.75) is 37.5 Å². The number of hydrogen-bond donors (Lipinski definition) is 0. The third kappa shape index (κ3) is 3.54. The second kappa shape index (κ2) is 7.98. The van der Waals surface area contributed by atoms with Gasteiger partial charge in [-0.2, -0.15) is 0 Å². The van der Waals surface area contributed by atoms with E-state index < -0.39 is 0 Å². The van der Waals surface area contributed by atoms with Crippen LogP contribution in [0.25, 0.3) is 27.8 Å². The molecule has 0 radical (unpaired) electrons. The van der Waals surface area contributed by atoms with Crippen LogP contribution in [0, 0.1) is 6.92 Å². The SMILES string of the molecule is CC[C@H](C)Sc1ncnc2c1c(-c1ccccc1)cn2-c1ccc(C)c(Cl)c1. The molecule has 0 unspecified atom stereocenters. The Bertz CT molecular complexity index is 1120. The molecule has 0 aliphatic heterocycles. The van der Waals surface area contributed by atoms with Gasteiger partial charge in [0.05, 0.1) is 5.39 Å². The van der Waals surface area contributed by atoms with Gasteiger partial charge < -0.3 is 4.57 Å². The van der Waals surface area contributed by atoms with Crippen LogP contribution in [0.15, 0.2) is 66.1 Å². The van der Waals surface area contributed by atoms with Gasteiger partial charge >= 0.3 is 0 Å². The first-order chi connectivity index (χ1) is 13.6. The molecule has 4 aromatic rings.